The molecule has 1 unspecified atom stereocenters. The highest BCUT2D eigenvalue weighted by atomic mass is 16.4. The Hall–Kier alpha value is -0.810. The Bertz CT molecular complexity index is 179. The van der Waals surface area contributed by atoms with Crippen molar-refractivity contribution in [1.29, 1.82) is 0 Å². The quantitative estimate of drug-likeness (QED) is 0.157. The van der Waals surface area contributed by atoms with Gasteiger partial charge < -0.3 is 21.4 Å². The van der Waals surface area contributed by atoms with Gasteiger partial charge in [-0.3, -0.25) is 0 Å². The third-order valence-electron chi connectivity index (χ3n) is 2.42. The van der Waals surface area contributed by atoms with Crippen molar-refractivity contribution in [2.75, 3.05) is 13.2 Å². The number of aliphatic hydroxyl groups excluding tert-OH is 1. The number of nitrogens with one attached hydrogen (secondary N) is 1. The molecule has 14 heavy (non-hydrogen) atoms. The Labute approximate surface area is 85.0 Å². The van der Waals surface area contributed by atoms with Gasteiger partial charge >= 0.3 is 0 Å². The van der Waals surface area contributed by atoms with Gasteiger partial charge in [-0.1, -0.05) is 12.1 Å². The van der Waals surface area contributed by atoms with Crippen LogP contribution < -0.4 is 11.1 Å². The molecule has 0 bridgehead atoms. The summed E-state index contributed by atoms with van der Waals surface area (Å²) in [4.78, 5) is 0. The number of rotatable bonds is 7. The van der Waals surface area contributed by atoms with Crippen LogP contribution in [0.15, 0.2) is 5.16 Å². The Morgan fingerprint density at radius 2 is 2.21 bits per heavy atom. The van der Waals surface area contributed by atoms with Crippen LogP contribution in [0.2, 0.25) is 0 Å². The fourth-order valence-corrected chi connectivity index (χ4v) is 1.00. The molecule has 0 saturated heterocycles. The lowest BCUT2D eigenvalue weighted by atomic mass is 10.0. The average Bonchev–Trinajstić information content (AvgIpc) is 2.23. The second kappa shape index (κ2) is 6.62. The van der Waals surface area contributed by atoms with E-state index < -0.39 is 0 Å². The maximum absolute atomic E-state index is 9.09. The van der Waals surface area contributed by atoms with Gasteiger partial charge in [-0.2, -0.15) is 0 Å². The summed E-state index contributed by atoms with van der Waals surface area (Å²) in [6.45, 7) is 4.86. The number of hydrogen-bond donors (Lipinski definition) is 4. The van der Waals surface area contributed by atoms with Crippen molar-refractivity contribution < 1.29 is 10.3 Å². The van der Waals surface area contributed by atoms with Gasteiger partial charge in [0.25, 0.3) is 0 Å². The average molecular weight is 203 g/mol. The molecule has 0 aliphatic heterocycles. The van der Waals surface area contributed by atoms with Crippen LogP contribution in [-0.4, -0.2) is 34.8 Å². The third-order valence-corrected chi connectivity index (χ3v) is 2.42. The SMILES string of the molecule is CCC(C)(CO)NCCCC(N)=NO. The van der Waals surface area contributed by atoms with E-state index in [1.165, 1.54) is 0 Å². The molecule has 0 rings (SSSR count). The van der Waals surface area contributed by atoms with E-state index in [1.54, 1.807) is 0 Å². The zero-order valence-corrected chi connectivity index (χ0v) is 8.95. The predicted octanol–water partition coefficient (Wildman–Crippen LogP) is 0.264. The van der Waals surface area contributed by atoms with E-state index >= 15 is 0 Å². The number of amidine groups is 1. The number of nitrogens with two attached hydrogens (primary N) is 1. The largest absolute Gasteiger partial charge is 0.409 e. The van der Waals surface area contributed by atoms with Crippen molar-refractivity contribution in [2.24, 2.45) is 10.9 Å². The third kappa shape index (κ3) is 5.04. The highest BCUT2D eigenvalue weighted by molar-refractivity contribution is 5.79. The van der Waals surface area contributed by atoms with Gasteiger partial charge in [0.1, 0.15) is 5.84 Å². The molecule has 5 heteroatoms. The van der Waals surface area contributed by atoms with E-state index in [0.717, 1.165) is 19.4 Å². The maximum Gasteiger partial charge on any atom is 0.139 e. The van der Waals surface area contributed by atoms with Crippen LogP contribution in [-0.2, 0) is 0 Å². The van der Waals surface area contributed by atoms with Crippen molar-refractivity contribution in [1.82, 2.24) is 5.32 Å². The molecule has 0 radical (unpaired) electrons. The van der Waals surface area contributed by atoms with Crippen molar-refractivity contribution >= 4 is 5.84 Å². The van der Waals surface area contributed by atoms with Crippen molar-refractivity contribution in [3.05, 3.63) is 0 Å². The molecule has 0 aliphatic carbocycles. The lowest BCUT2D eigenvalue weighted by Crippen LogP contribution is -2.45. The molecule has 5 N–H and O–H groups in total. The van der Waals surface area contributed by atoms with Crippen LogP contribution in [0, 0.1) is 0 Å². The van der Waals surface area contributed by atoms with Crippen LogP contribution >= 0.6 is 0 Å². The summed E-state index contributed by atoms with van der Waals surface area (Å²) in [5.74, 6) is 0.244. The molecule has 0 amide bonds. The van der Waals surface area contributed by atoms with Crippen LogP contribution in [0.3, 0.4) is 0 Å². The summed E-state index contributed by atoms with van der Waals surface area (Å²) in [7, 11) is 0. The monoisotopic (exact) mass is 203 g/mol. The Morgan fingerprint density at radius 1 is 1.57 bits per heavy atom. The summed E-state index contributed by atoms with van der Waals surface area (Å²) in [5.41, 5.74) is 5.09. The zero-order chi connectivity index (χ0) is 11.0. The first-order valence-electron chi connectivity index (χ1n) is 4.90. The van der Waals surface area contributed by atoms with Gasteiger partial charge in [-0.05, 0) is 26.3 Å². The minimum atomic E-state index is -0.217. The smallest absolute Gasteiger partial charge is 0.139 e. The van der Waals surface area contributed by atoms with Crippen molar-refractivity contribution in [3.63, 3.8) is 0 Å². The summed E-state index contributed by atoms with van der Waals surface area (Å²) < 4.78 is 0. The molecule has 0 aromatic rings. The number of oxime groups is 1. The van der Waals surface area contributed by atoms with Gasteiger partial charge in [0.05, 0.1) is 6.61 Å². The molecule has 0 fully saturated rings. The van der Waals surface area contributed by atoms with Crippen LogP contribution in [0.1, 0.15) is 33.1 Å². The van der Waals surface area contributed by atoms with Gasteiger partial charge in [-0.25, -0.2) is 0 Å². The predicted molar refractivity (Wildman–Crippen MR) is 56.4 cm³/mol. The molecule has 5 nitrogen and oxygen atoms in total. The fraction of sp³-hybridized carbons (Fsp3) is 0.889. The topological polar surface area (TPSA) is 90.9 Å². The van der Waals surface area contributed by atoms with E-state index in [4.69, 9.17) is 16.0 Å². The summed E-state index contributed by atoms with van der Waals surface area (Å²) >= 11 is 0. The number of hydrogen-bond acceptors (Lipinski definition) is 4. The second-order valence-corrected chi connectivity index (χ2v) is 3.69. The molecule has 1 atom stereocenters. The Kier molecular flexibility index (Phi) is 6.23. The second-order valence-electron chi connectivity index (χ2n) is 3.69. The van der Waals surface area contributed by atoms with E-state index in [-0.39, 0.29) is 18.0 Å². The lowest BCUT2D eigenvalue weighted by molar-refractivity contribution is 0.170. The Balaban J connectivity index is 3.62. The first kappa shape index (κ1) is 13.2. The molecule has 0 heterocycles. The van der Waals surface area contributed by atoms with E-state index in [0.29, 0.717) is 6.42 Å². The molecular formula is C9H21N3O2. The summed E-state index contributed by atoms with van der Waals surface area (Å²) in [6, 6.07) is 0. The van der Waals surface area contributed by atoms with E-state index in [9.17, 15) is 0 Å². The summed E-state index contributed by atoms with van der Waals surface area (Å²) in [5, 5.41) is 23.5. The van der Waals surface area contributed by atoms with Crippen molar-refractivity contribution in [2.45, 2.75) is 38.6 Å². The minimum Gasteiger partial charge on any atom is -0.409 e. The number of nitrogens with zero attached hydrogens (tertiary/aromatic N) is 1. The maximum atomic E-state index is 9.09. The molecule has 84 valence electrons. The first-order chi connectivity index (χ1) is 6.58. The molecule has 0 aliphatic rings. The molecule has 0 aromatic carbocycles. The van der Waals surface area contributed by atoms with Crippen LogP contribution in [0.25, 0.3) is 0 Å². The molecule has 0 spiro atoms. The lowest BCUT2D eigenvalue weighted by Gasteiger charge is -2.27. The zero-order valence-electron chi connectivity index (χ0n) is 8.95. The first-order valence-corrected chi connectivity index (χ1v) is 4.90. The molecule has 0 saturated carbocycles. The van der Waals surface area contributed by atoms with E-state index in [2.05, 4.69) is 10.5 Å². The normalized spacial score (nSPS) is 16.6. The van der Waals surface area contributed by atoms with Crippen LogP contribution in [0.4, 0.5) is 0 Å². The van der Waals surface area contributed by atoms with Gasteiger partial charge in [0.2, 0.25) is 0 Å². The minimum absolute atomic E-state index is 0.118. The van der Waals surface area contributed by atoms with Gasteiger partial charge in [-0.15, -0.1) is 0 Å². The Morgan fingerprint density at radius 3 is 2.64 bits per heavy atom. The van der Waals surface area contributed by atoms with Crippen molar-refractivity contribution in [3.8, 4) is 0 Å². The van der Waals surface area contributed by atoms with E-state index in [1.807, 2.05) is 13.8 Å². The van der Waals surface area contributed by atoms with Crippen LogP contribution in [0.5, 0.6) is 0 Å². The highest BCUT2D eigenvalue weighted by Crippen LogP contribution is 2.07. The number of aliphatic hydroxyl groups is 1. The highest BCUT2D eigenvalue weighted by Gasteiger charge is 2.18. The summed E-state index contributed by atoms with van der Waals surface area (Å²) in [6.07, 6.45) is 2.23. The fourth-order valence-electron chi connectivity index (χ4n) is 1.00. The van der Waals surface area contributed by atoms with Gasteiger partial charge in [0, 0.05) is 12.0 Å². The molecule has 0 aromatic heterocycles. The molecular weight excluding hydrogens is 182 g/mol. The standard InChI is InChI=1S/C9H21N3O2/c1-3-9(2,7-13)11-6-4-5-8(10)12-14/h11,13-14H,3-7H2,1-2H3,(H2,10,12). The van der Waals surface area contributed by atoms with Gasteiger partial charge in [0.15, 0.2) is 0 Å².